The molecule has 4 rings (SSSR count). The van der Waals surface area contributed by atoms with E-state index < -0.39 is 0 Å². The van der Waals surface area contributed by atoms with E-state index in [4.69, 9.17) is 21.7 Å². The topological polar surface area (TPSA) is 72.8 Å². The first-order valence-electron chi connectivity index (χ1n) is 10.4. The van der Waals surface area contributed by atoms with E-state index in [1.165, 1.54) is 11.8 Å². The fourth-order valence-corrected chi connectivity index (χ4v) is 5.46. The van der Waals surface area contributed by atoms with Crippen LogP contribution in [0.25, 0.3) is 17.0 Å². The van der Waals surface area contributed by atoms with Gasteiger partial charge in [0, 0.05) is 47.4 Å². The van der Waals surface area contributed by atoms with Crippen LogP contribution in [0, 0.1) is 0 Å². The number of nitrogens with one attached hydrogen (secondary N) is 1. The largest absolute Gasteiger partial charge is 0.383 e. The zero-order valence-electron chi connectivity index (χ0n) is 17.6. The lowest BCUT2D eigenvalue weighted by atomic mass is 10.1. The number of methoxy groups -OCH3 is 1. The van der Waals surface area contributed by atoms with E-state index in [-0.39, 0.29) is 24.5 Å². The number of hydrogen-bond acceptors (Lipinski definition) is 6. The summed E-state index contributed by atoms with van der Waals surface area (Å²) in [4.78, 5) is 27.5. The van der Waals surface area contributed by atoms with Gasteiger partial charge >= 0.3 is 0 Å². The first-order valence-corrected chi connectivity index (χ1v) is 12.4. The molecule has 1 aromatic carbocycles. The van der Waals surface area contributed by atoms with Crippen molar-refractivity contribution < 1.29 is 19.1 Å². The van der Waals surface area contributed by atoms with Crippen molar-refractivity contribution in [2.24, 2.45) is 0 Å². The highest BCUT2D eigenvalue weighted by molar-refractivity contribution is 9.10. The van der Waals surface area contributed by atoms with Crippen molar-refractivity contribution in [3.05, 3.63) is 39.3 Å². The maximum atomic E-state index is 12.8. The predicted octanol–water partition coefficient (Wildman–Crippen LogP) is 3.55. The van der Waals surface area contributed by atoms with Gasteiger partial charge in [0.05, 0.1) is 24.2 Å². The molecule has 1 atom stereocenters. The molecule has 3 heterocycles. The molecule has 32 heavy (non-hydrogen) atoms. The van der Waals surface area contributed by atoms with Gasteiger partial charge in [0.1, 0.15) is 10.9 Å². The van der Waals surface area contributed by atoms with Crippen molar-refractivity contribution in [1.82, 2.24) is 14.8 Å². The Morgan fingerprint density at radius 3 is 3.06 bits per heavy atom. The summed E-state index contributed by atoms with van der Waals surface area (Å²) < 4.78 is 14.0. The molecule has 0 unspecified atom stereocenters. The maximum absolute atomic E-state index is 12.8. The molecule has 0 aliphatic carbocycles. The van der Waals surface area contributed by atoms with Crippen molar-refractivity contribution >= 4 is 73.0 Å². The highest BCUT2D eigenvalue weighted by Crippen LogP contribution is 2.35. The third-order valence-corrected chi connectivity index (χ3v) is 7.29. The lowest BCUT2D eigenvalue weighted by molar-refractivity contribution is -0.123. The highest BCUT2D eigenvalue weighted by atomic mass is 79.9. The van der Waals surface area contributed by atoms with E-state index in [1.807, 2.05) is 35.0 Å². The van der Waals surface area contributed by atoms with Gasteiger partial charge in [0.2, 0.25) is 5.91 Å². The number of thiocarbonyl (C=S) groups is 1. The number of ether oxygens (including phenoxy) is 2. The smallest absolute Gasteiger partial charge is 0.266 e. The number of hydrogen-bond donors (Lipinski definition) is 1. The van der Waals surface area contributed by atoms with Gasteiger partial charge in [-0.3, -0.25) is 14.5 Å². The molecular weight excluding hydrogens is 514 g/mol. The molecule has 1 N–H and O–H groups in total. The van der Waals surface area contributed by atoms with Crippen molar-refractivity contribution in [2.45, 2.75) is 25.5 Å². The molecule has 1 aromatic heterocycles. The van der Waals surface area contributed by atoms with Crippen LogP contribution >= 0.6 is 39.9 Å². The Hall–Kier alpha value is -1.72. The van der Waals surface area contributed by atoms with Gasteiger partial charge in [-0.05, 0) is 37.1 Å². The molecule has 2 fully saturated rings. The highest BCUT2D eigenvalue weighted by Gasteiger charge is 2.32. The number of fused-ring (bicyclic) bond motifs is 1. The monoisotopic (exact) mass is 537 g/mol. The minimum atomic E-state index is -0.123. The summed E-state index contributed by atoms with van der Waals surface area (Å²) in [5, 5.41) is 3.92. The van der Waals surface area contributed by atoms with E-state index in [0.29, 0.717) is 28.9 Å². The summed E-state index contributed by atoms with van der Waals surface area (Å²) in [7, 11) is 1.59. The summed E-state index contributed by atoms with van der Waals surface area (Å²) >= 11 is 10.2. The molecule has 170 valence electrons. The van der Waals surface area contributed by atoms with Gasteiger partial charge in [0.25, 0.3) is 5.91 Å². The SMILES string of the molecule is COCCN1C(=O)/C(=C/c2cn(CC(=O)NC[C@@H]3CCCO3)c3ccc(Br)cc23)SC1=S. The Labute approximate surface area is 204 Å². The number of thioether (sulfide) groups is 1. The second-order valence-corrected chi connectivity index (χ2v) is 10.2. The van der Waals surface area contributed by atoms with E-state index in [9.17, 15) is 9.59 Å². The molecule has 2 aliphatic rings. The summed E-state index contributed by atoms with van der Waals surface area (Å²) in [6.45, 7) is 2.33. The van der Waals surface area contributed by atoms with Gasteiger partial charge in [0.15, 0.2) is 0 Å². The van der Waals surface area contributed by atoms with E-state index in [1.54, 1.807) is 12.0 Å². The minimum absolute atomic E-state index is 0.0715. The molecule has 2 aliphatic heterocycles. The third kappa shape index (κ3) is 5.26. The number of rotatable bonds is 8. The lowest BCUT2D eigenvalue weighted by Crippen LogP contribution is -2.34. The summed E-state index contributed by atoms with van der Waals surface area (Å²) in [5.41, 5.74) is 1.78. The van der Waals surface area contributed by atoms with Gasteiger partial charge in [-0.2, -0.15) is 0 Å². The molecule has 2 aromatic rings. The zero-order chi connectivity index (χ0) is 22.7. The van der Waals surface area contributed by atoms with Crippen molar-refractivity contribution in [3.63, 3.8) is 0 Å². The number of amides is 2. The Morgan fingerprint density at radius 2 is 2.31 bits per heavy atom. The van der Waals surface area contributed by atoms with Gasteiger partial charge in [-0.15, -0.1) is 0 Å². The first kappa shape index (κ1) is 23.4. The Bertz CT molecular complexity index is 1080. The van der Waals surface area contributed by atoms with Crippen LogP contribution in [0.4, 0.5) is 0 Å². The second-order valence-electron chi connectivity index (χ2n) is 7.64. The van der Waals surface area contributed by atoms with Crippen LogP contribution in [-0.4, -0.2) is 65.1 Å². The van der Waals surface area contributed by atoms with Crippen LogP contribution in [0.1, 0.15) is 18.4 Å². The Morgan fingerprint density at radius 1 is 1.47 bits per heavy atom. The fraction of sp³-hybridized carbons (Fsp3) is 0.409. The second kappa shape index (κ2) is 10.5. The molecule has 2 amide bonds. The average molecular weight is 538 g/mol. The number of carbonyl (C=O) groups is 2. The molecule has 0 radical (unpaired) electrons. The average Bonchev–Trinajstić information content (AvgIpc) is 3.46. The number of benzene rings is 1. The maximum Gasteiger partial charge on any atom is 0.266 e. The third-order valence-electron chi connectivity index (χ3n) is 5.42. The summed E-state index contributed by atoms with van der Waals surface area (Å²) in [6, 6.07) is 5.90. The van der Waals surface area contributed by atoms with Gasteiger partial charge in [-0.25, -0.2) is 0 Å². The summed E-state index contributed by atoms with van der Waals surface area (Å²) in [5.74, 6) is -0.194. The standard InChI is InChI=1S/C22H24BrN3O4S2/c1-29-8-6-26-21(28)19(32-22(26)31)9-14-12-25(18-5-4-15(23)10-17(14)18)13-20(27)24-11-16-3-2-7-30-16/h4-5,9-10,12,16H,2-3,6-8,11,13H2,1H3,(H,24,27)/b19-9-/t16-/m0/s1. The Kier molecular flexibility index (Phi) is 7.67. The van der Waals surface area contributed by atoms with E-state index in [0.717, 1.165) is 40.4 Å². The number of carbonyl (C=O) groups excluding carboxylic acids is 2. The van der Waals surface area contributed by atoms with Crippen LogP contribution in [0.3, 0.4) is 0 Å². The fourth-order valence-electron chi connectivity index (χ4n) is 3.80. The van der Waals surface area contributed by atoms with Crippen LogP contribution in [0.15, 0.2) is 33.8 Å². The number of nitrogens with zero attached hydrogens (tertiary/aromatic N) is 2. The van der Waals surface area contributed by atoms with Crippen LogP contribution in [0.5, 0.6) is 0 Å². The molecule has 0 bridgehead atoms. The van der Waals surface area contributed by atoms with Crippen molar-refractivity contribution in [3.8, 4) is 0 Å². The zero-order valence-corrected chi connectivity index (χ0v) is 20.9. The summed E-state index contributed by atoms with van der Waals surface area (Å²) in [6.07, 6.45) is 5.88. The number of aromatic nitrogens is 1. The van der Waals surface area contributed by atoms with Crippen molar-refractivity contribution in [2.75, 3.05) is 33.4 Å². The van der Waals surface area contributed by atoms with E-state index in [2.05, 4.69) is 21.2 Å². The van der Waals surface area contributed by atoms with Crippen LogP contribution in [0.2, 0.25) is 0 Å². The molecule has 2 saturated heterocycles. The normalized spacial score (nSPS) is 20.1. The first-order chi connectivity index (χ1) is 15.5. The van der Waals surface area contributed by atoms with Crippen LogP contribution < -0.4 is 5.32 Å². The van der Waals surface area contributed by atoms with Gasteiger partial charge in [-0.1, -0.05) is 39.9 Å². The number of halogens is 1. The van der Waals surface area contributed by atoms with Crippen LogP contribution in [-0.2, 0) is 25.6 Å². The molecule has 0 spiro atoms. The Balaban J connectivity index is 1.56. The molecule has 7 nitrogen and oxygen atoms in total. The minimum Gasteiger partial charge on any atom is -0.383 e. The van der Waals surface area contributed by atoms with Gasteiger partial charge < -0.3 is 19.4 Å². The van der Waals surface area contributed by atoms with Crippen molar-refractivity contribution in [1.29, 1.82) is 0 Å². The molecule has 10 heteroatoms. The predicted molar refractivity (Wildman–Crippen MR) is 133 cm³/mol. The molecular formula is C22H24BrN3O4S2. The molecule has 0 saturated carbocycles. The van der Waals surface area contributed by atoms with E-state index >= 15 is 0 Å². The quantitative estimate of drug-likeness (QED) is 0.410. The lowest BCUT2D eigenvalue weighted by Gasteiger charge is -2.12.